The van der Waals surface area contributed by atoms with Gasteiger partial charge in [0.1, 0.15) is 6.04 Å². The average molecular weight is 256 g/mol. The van der Waals surface area contributed by atoms with Gasteiger partial charge in [-0.1, -0.05) is 20.8 Å². The smallest absolute Gasteiger partial charge is 0.326 e. The zero-order valence-electron chi connectivity index (χ0n) is 11.5. The van der Waals surface area contributed by atoms with Crippen LogP contribution in [0, 0.1) is 5.92 Å². The number of hydrogen-bond acceptors (Lipinski definition) is 3. The minimum atomic E-state index is -0.883. The Kier molecular flexibility index (Phi) is 5.59. The Labute approximate surface area is 109 Å². The quantitative estimate of drug-likeness (QED) is 0.772. The first-order valence-electron chi connectivity index (χ1n) is 6.67. The summed E-state index contributed by atoms with van der Waals surface area (Å²) in [5.41, 5.74) is 0. The number of carboxylic acids is 1. The van der Waals surface area contributed by atoms with Crippen LogP contribution in [0.3, 0.4) is 0 Å². The number of likely N-dealkylation sites (tertiary alicyclic amines) is 1. The monoisotopic (exact) mass is 256 g/mol. The van der Waals surface area contributed by atoms with Gasteiger partial charge in [0.2, 0.25) is 5.91 Å². The molecule has 1 aliphatic heterocycles. The van der Waals surface area contributed by atoms with Crippen LogP contribution in [0.2, 0.25) is 0 Å². The molecule has 1 rings (SSSR count). The van der Waals surface area contributed by atoms with E-state index in [0.29, 0.717) is 37.9 Å². The Morgan fingerprint density at radius 2 is 2.11 bits per heavy atom. The summed E-state index contributed by atoms with van der Waals surface area (Å²) in [6.07, 6.45) is 1.84. The summed E-state index contributed by atoms with van der Waals surface area (Å²) in [5.74, 6) is -0.557. The highest BCUT2D eigenvalue weighted by Crippen LogP contribution is 2.23. The van der Waals surface area contributed by atoms with Crippen molar-refractivity contribution in [3.05, 3.63) is 0 Å². The minimum absolute atomic E-state index is 0.0533. The number of rotatable bonds is 5. The summed E-state index contributed by atoms with van der Waals surface area (Å²) in [6, 6.07) is -0.297. The number of carbonyl (C=O) groups is 2. The van der Waals surface area contributed by atoms with Crippen LogP contribution in [0.25, 0.3) is 0 Å². The van der Waals surface area contributed by atoms with Crippen molar-refractivity contribution in [3.8, 4) is 0 Å². The lowest BCUT2D eigenvalue weighted by atomic mass is 9.92. The van der Waals surface area contributed by atoms with E-state index in [1.807, 2.05) is 20.8 Å². The number of aliphatic carboxylic acids is 1. The molecule has 0 radical (unpaired) electrons. The molecular formula is C13H24N2O3. The Morgan fingerprint density at radius 1 is 1.44 bits per heavy atom. The molecule has 0 aromatic carbocycles. The summed E-state index contributed by atoms with van der Waals surface area (Å²) in [7, 11) is 0. The minimum Gasteiger partial charge on any atom is -0.480 e. The maximum atomic E-state index is 12.0. The van der Waals surface area contributed by atoms with E-state index in [1.165, 1.54) is 4.90 Å². The highest BCUT2D eigenvalue weighted by atomic mass is 16.4. The van der Waals surface area contributed by atoms with Gasteiger partial charge in [0.15, 0.2) is 0 Å². The Balaban J connectivity index is 2.51. The topological polar surface area (TPSA) is 69.6 Å². The SMILES string of the molecule is CC1CCN(C(=O)CCNC(C)C)C(C(=O)O)C1. The lowest BCUT2D eigenvalue weighted by Crippen LogP contribution is -2.50. The predicted octanol–water partition coefficient (Wildman–Crippen LogP) is 1.09. The van der Waals surface area contributed by atoms with E-state index < -0.39 is 12.0 Å². The maximum absolute atomic E-state index is 12.0. The number of nitrogens with one attached hydrogen (secondary N) is 1. The fourth-order valence-electron chi connectivity index (χ4n) is 2.29. The third-order valence-corrected chi connectivity index (χ3v) is 3.36. The molecule has 2 unspecified atom stereocenters. The molecule has 1 fully saturated rings. The van der Waals surface area contributed by atoms with E-state index in [2.05, 4.69) is 5.32 Å². The zero-order valence-corrected chi connectivity index (χ0v) is 11.5. The molecule has 2 atom stereocenters. The molecule has 0 saturated carbocycles. The largest absolute Gasteiger partial charge is 0.480 e. The second-order valence-corrected chi connectivity index (χ2v) is 5.43. The van der Waals surface area contributed by atoms with Crippen LogP contribution in [0.5, 0.6) is 0 Å². The van der Waals surface area contributed by atoms with E-state index in [0.717, 1.165) is 6.42 Å². The number of amides is 1. The van der Waals surface area contributed by atoms with Crippen LogP contribution in [-0.4, -0.2) is 47.1 Å². The average Bonchev–Trinajstić information content (AvgIpc) is 2.28. The van der Waals surface area contributed by atoms with Gasteiger partial charge in [0.05, 0.1) is 0 Å². The Hall–Kier alpha value is -1.10. The molecule has 1 amide bonds. The second kappa shape index (κ2) is 6.73. The first-order valence-corrected chi connectivity index (χ1v) is 6.67. The number of piperidine rings is 1. The molecule has 5 nitrogen and oxygen atoms in total. The molecule has 1 heterocycles. The standard InChI is InChI=1S/C13H24N2O3/c1-9(2)14-6-4-12(16)15-7-5-10(3)8-11(15)13(17)18/h9-11,14H,4-8H2,1-3H3,(H,17,18). The molecule has 0 aromatic heterocycles. The molecule has 1 saturated heterocycles. The van der Waals surface area contributed by atoms with Crippen molar-refractivity contribution in [2.24, 2.45) is 5.92 Å². The highest BCUT2D eigenvalue weighted by Gasteiger charge is 2.34. The van der Waals surface area contributed by atoms with Crippen molar-refractivity contribution in [2.45, 2.75) is 52.1 Å². The maximum Gasteiger partial charge on any atom is 0.326 e. The van der Waals surface area contributed by atoms with Gasteiger partial charge in [0.25, 0.3) is 0 Å². The molecular weight excluding hydrogens is 232 g/mol. The normalized spacial score (nSPS) is 24.3. The summed E-state index contributed by atoms with van der Waals surface area (Å²) in [5, 5.41) is 12.4. The van der Waals surface area contributed by atoms with Crippen molar-refractivity contribution in [3.63, 3.8) is 0 Å². The Bertz CT molecular complexity index is 305. The molecule has 0 aromatic rings. The van der Waals surface area contributed by atoms with E-state index in [1.54, 1.807) is 0 Å². The van der Waals surface area contributed by atoms with Crippen molar-refractivity contribution >= 4 is 11.9 Å². The molecule has 2 N–H and O–H groups in total. The summed E-state index contributed by atoms with van der Waals surface area (Å²) in [6.45, 7) is 7.26. The van der Waals surface area contributed by atoms with E-state index >= 15 is 0 Å². The third-order valence-electron chi connectivity index (χ3n) is 3.36. The fourth-order valence-corrected chi connectivity index (χ4v) is 2.29. The number of carboxylic acid groups (broad SMARTS) is 1. The van der Waals surface area contributed by atoms with Gasteiger partial charge in [-0.05, 0) is 18.8 Å². The zero-order chi connectivity index (χ0) is 13.7. The second-order valence-electron chi connectivity index (χ2n) is 5.43. The van der Waals surface area contributed by atoms with Crippen molar-refractivity contribution in [2.75, 3.05) is 13.1 Å². The van der Waals surface area contributed by atoms with Gasteiger partial charge < -0.3 is 15.3 Å². The van der Waals surface area contributed by atoms with Gasteiger partial charge in [-0.15, -0.1) is 0 Å². The van der Waals surface area contributed by atoms with Crippen LogP contribution in [0.15, 0.2) is 0 Å². The molecule has 5 heteroatoms. The van der Waals surface area contributed by atoms with Gasteiger partial charge in [0, 0.05) is 25.6 Å². The molecule has 1 aliphatic rings. The van der Waals surface area contributed by atoms with Crippen LogP contribution in [0.1, 0.15) is 40.0 Å². The van der Waals surface area contributed by atoms with Crippen molar-refractivity contribution < 1.29 is 14.7 Å². The highest BCUT2D eigenvalue weighted by molar-refractivity contribution is 5.84. The Morgan fingerprint density at radius 3 is 2.67 bits per heavy atom. The number of hydrogen-bond donors (Lipinski definition) is 2. The number of nitrogens with zero attached hydrogens (tertiary/aromatic N) is 1. The van der Waals surface area contributed by atoms with E-state index in [4.69, 9.17) is 0 Å². The summed E-state index contributed by atoms with van der Waals surface area (Å²) in [4.78, 5) is 24.7. The van der Waals surface area contributed by atoms with Gasteiger partial charge >= 0.3 is 5.97 Å². The van der Waals surface area contributed by atoms with Crippen LogP contribution in [0.4, 0.5) is 0 Å². The number of carbonyl (C=O) groups excluding carboxylic acids is 1. The van der Waals surface area contributed by atoms with Gasteiger partial charge in [-0.25, -0.2) is 4.79 Å². The summed E-state index contributed by atoms with van der Waals surface area (Å²) >= 11 is 0. The van der Waals surface area contributed by atoms with Crippen LogP contribution < -0.4 is 5.32 Å². The van der Waals surface area contributed by atoms with E-state index in [-0.39, 0.29) is 5.91 Å². The van der Waals surface area contributed by atoms with Crippen LogP contribution in [-0.2, 0) is 9.59 Å². The van der Waals surface area contributed by atoms with Crippen molar-refractivity contribution in [1.82, 2.24) is 10.2 Å². The first kappa shape index (κ1) is 15.0. The lowest BCUT2D eigenvalue weighted by Gasteiger charge is -2.36. The predicted molar refractivity (Wildman–Crippen MR) is 69.3 cm³/mol. The molecule has 18 heavy (non-hydrogen) atoms. The summed E-state index contributed by atoms with van der Waals surface area (Å²) < 4.78 is 0. The van der Waals surface area contributed by atoms with Crippen LogP contribution >= 0.6 is 0 Å². The fraction of sp³-hybridized carbons (Fsp3) is 0.846. The molecule has 0 bridgehead atoms. The third kappa shape index (κ3) is 4.29. The molecule has 0 spiro atoms. The van der Waals surface area contributed by atoms with Gasteiger partial charge in [-0.3, -0.25) is 4.79 Å². The van der Waals surface area contributed by atoms with Crippen molar-refractivity contribution in [1.29, 1.82) is 0 Å². The molecule has 104 valence electrons. The van der Waals surface area contributed by atoms with E-state index in [9.17, 15) is 14.7 Å². The van der Waals surface area contributed by atoms with Gasteiger partial charge in [-0.2, -0.15) is 0 Å². The molecule has 0 aliphatic carbocycles. The lowest BCUT2D eigenvalue weighted by molar-refractivity contribution is -0.153. The first-order chi connectivity index (χ1) is 8.41.